The molecule has 6 heteroatoms. The molecule has 1 aliphatic heterocycles. The molecule has 5 rings (SSSR count). The Morgan fingerprint density at radius 3 is 2.18 bits per heavy atom. The summed E-state index contributed by atoms with van der Waals surface area (Å²) < 4.78 is 16.9. The molecule has 33 heavy (non-hydrogen) atoms. The quantitative estimate of drug-likeness (QED) is 0.677. The van der Waals surface area contributed by atoms with Crippen LogP contribution in [0.2, 0.25) is 0 Å². The van der Waals surface area contributed by atoms with Crippen molar-refractivity contribution in [1.29, 1.82) is 0 Å². The number of Topliss-reactive ketones (excluding diaryl/α,β-unsaturated/α-hetero) is 3. The van der Waals surface area contributed by atoms with Gasteiger partial charge in [0.1, 0.15) is 5.76 Å². The lowest BCUT2D eigenvalue weighted by atomic mass is 9.67. The molecule has 0 spiro atoms. The highest BCUT2D eigenvalue weighted by Crippen LogP contribution is 2.51. The number of allylic oxidation sites excluding steroid dienone is 4. The number of ketones is 3. The van der Waals surface area contributed by atoms with E-state index in [0.29, 0.717) is 52.4 Å². The minimum absolute atomic E-state index is 0.0164. The van der Waals surface area contributed by atoms with Gasteiger partial charge in [0.05, 0.1) is 19.8 Å². The fraction of sp³-hybridized carbons (Fsp3) is 0.296. The summed E-state index contributed by atoms with van der Waals surface area (Å²) in [7, 11) is 3.07. The summed E-state index contributed by atoms with van der Waals surface area (Å²) in [5.41, 5.74) is 1.65. The van der Waals surface area contributed by atoms with Gasteiger partial charge >= 0.3 is 0 Å². The average Bonchev–Trinajstić information content (AvgIpc) is 2.80. The standard InChI is InChI=1S/C27H24O6/c1-27(2)12-17(28)22-20(13-27)33-26-23(24(29)15-7-5-6-8-16(15)25(26)30)21(22)14-9-10-18(31-3)19(11-14)32-4/h5-11,21H,12-13H2,1-4H3. The zero-order valence-electron chi connectivity index (χ0n) is 19.0. The Morgan fingerprint density at radius 1 is 0.848 bits per heavy atom. The van der Waals surface area contributed by atoms with E-state index in [4.69, 9.17) is 14.2 Å². The fourth-order valence-electron chi connectivity index (χ4n) is 5.06. The molecular weight excluding hydrogens is 420 g/mol. The number of fused-ring (bicyclic) bond motifs is 1. The summed E-state index contributed by atoms with van der Waals surface area (Å²) in [6, 6.07) is 12.0. The second kappa shape index (κ2) is 7.44. The Bertz CT molecular complexity index is 1290. The summed E-state index contributed by atoms with van der Waals surface area (Å²) >= 11 is 0. The van der Waals surface area contributed by atoms with E-state index in [1.54, 1.807) is 49.6 Å². The second-order valence-corrected chi connectivity index (χ2v) is 9.37. The molecule has 0 aromatic heterocycles. The number of rotatable bonds is 3. The summed E-state index contributed by atoms with van der Waals surface area (Å²) in [4.78, 5) is 40.5. The molecule has 0 amide bonds. The molecule has 6 nitrogen and oxygen atoms in total. The summed E-state index contributed by atoms with van der Waals surface area (Å²) in [6.07, 6.45) is 0.831. The van der Waals surface area contributed by atoms with Crippen LogP contribution in [0.15, 0.2) is 65.1 Å². The van der Waals surface area contributed by atoms with Crippen LogP contribution in [-0.4, -0.2) is 31.6 Å². The van der Waals surface area contributed by atoms with E-state index >= 15 is 0 Å². The van der Waals surface area contributed by atoms with Crippen molar-refractivity contribution in [1.82, 2.24) is 0 Å². The van der Waals surface area contributed by atoms with Crippen LogP contribution in [0.3, 0.4) is 0 Å². The van der Waals surface area contributed by atoms with Crippen molar-refractivity contribution in [2.75, 3.05) is 14.2 Å². The Hall–Kier alpha value is -3.67. The zero-order chi connectivity index (χ0) is 23.5. The van der Waals surface area contributed by atoms with Crippen LogP contribution >= 0.6 is 0 Å². The van der Waals surface area contributed by atoms with Gasteiger partial charge in [-0.05, 0) is 23.1 Å². The monoisotopic (exact) mass is 444 g/mol. The first kappa shape index (κ1) is 21.2. The third-order valence-electron chi connectivity index (χ3n) is 6.53. The predicted octanol–water partition coefficient (Wildman–Crippen LogP) is 4.79. The lowest BCUT2D eigenvalue weighted by Crippen LogP contribution is -2.37. The van der Waals surface area contributed by atoms with Gasteiger partial charge in [-0.3, -0.25) is 14.4 Å². The molecule has 3 aliphatic rings. The SMILES string of the molecule is COc1ccc(C2C3=C(CC(C)(C)CC3=O)OC3=C2C(=O)c2ccccc2C3=O)cc1OC. The molecule has 1 heterocycles. The third kappa shape index (κ3) is 3.20. The van der Waals surface area contributed by atoms with E-state index in [-0.39, 0.29) is 34.1 Å². The van der Waals surface area contributed by atoms with Gasteiger partial charge in [0.15, 0.2) is 28.8 Å². The molecule has 2 aromatic rings. The lowest BCUT2D eigenvalue weighted by molar-refractivity contribution is -0.119. The molecule has 168 valence electrons. The zero-order valence-corrected chi connectivity index (χ0v) is 19.0. The second-order valence-electron chi connectivity index (χ2n) is 9.37. The first-order chi connectivity index (χ1) is 15.8. The number of carbonyl (C=O) groups is 3. The Labute approximate surface area is 191 Å². The average molecular weight is 444 g/mol. The van der Waals surface area contributed by atoms with Crippen LogP contribution in [0, 0.1) is 5.41 Å². The normalized spacial score (nSPS) is 21.2. The largest absolute Gasteiger partial charge is 0.493 e. The molecule has 2 aliphatic carbocycles. The maximum absolute atomic E-state index is 13.7. The number of hydrogen-bond acceptors (Lipinski definition) is 6. The first-order valence-corrected chi connectivity index (χ1v) is 10.8. The van der Waals surface area contributed by atoms with Crippen molar-refractivity contribution in [3.63, 3.8) is 0 Å². The van der Waals surface area contributed by atoms with Crippen LogP contribution in [-0.2, 0) is 9.53 Å². The van der Waals surface area contributed by atoms with Crippen LogP contribution < -0.4 is 9.47 Å². The van der Waals surface area contributed by atoms with E-state index in [1.165, 1.54) is 7.11 Å². The van der Waals surface area contributed by atoms with Crippen LogP contribution in [0.1, 0.15) is 58.9 Å². The molecular formula is C27H24O6. The van der Waals surface area contributed by atoms with E-state index in [0.717, 1.165) is 0 Å². The van der Waals surface area contributed by atoms with E-state index in [1.807, 2.05) is 13.8 Å². The van der Waals surface area contributed by atoms with Crippen molar-refractivity contribution < 1.29 is 28.6 Å². The maximum atomic E-state index is 13.7. The van der Waals surface area contributed by atoms with Gasteiger partial charge in [-0.15, -0.1) is 0 Å². The third-order valence-corrected chi connectivity index (χ3v) is 6.53. The Balaban J connectivity index is 1.76. The smallest absolute Gasteiger partial charge is 0.229 e. The number of hydrogen-bond donors (Lipinski definition) is 0. The number of carbonyl (C=O) groups excluding carboxylic acids is 3. The van der Waals surface area contributed by atoms with Gasteiger partial charge in [-0.1, -0.05) is 44.2 Å². The molecule has 2 aromatic carbocycles. The Morgan fingerprint density at radius 2 is 1.52 bits per heavy atom. The van der Waals surface area contributed by atoms with Gasteiger partial charge in [-0.25, -0.2) is 0 Å². The number of ether oxygens (including phenoxy) is 3. The highest BCUT2D eigenvalue weighted by molar-refractivity contribution is 6.27. The van der Waals surface area contributed by atoms with Crippen LogP contribution in [0.4, 0.5) is 0 Å². The highest BCUT2D eigenvalue weighted by Gasteiger charge is 2.48. The summed E-state index contributed by atoms with van der Waals surface area (Å²) in [5.74, 6) is 0.0486. The van der Waals surface area contributed by atoms with Gasteiger partial charge < -0.3 is 14.2 Å². The summed E-state index contributed by atoms with van der Waals surface area (Å²) in [5, 5.41) is 0. The minimum Gasteiger partial charge on any atom is -0.493 e. The maximum Gasteiger partial charge on any atom is 0.229 e. The molecule has 0 saturated heterocycles. The van der Waals surface area contributed by atoms with E-state index in [2.05, 4.69) is 0 Å². The van der Waals surface area contributed by atoms with E-state index < -0.39 is 5.92 Å². The van der Waals surface area contributed by atoms with Gasteiger partial charge in [0.2, 0.25) is 5.78 Å². The molecule has 1 unspecified atom stereocenters. The Kier molecular flexibility index (Phi) is 4.78. The van der Waals surface area contributed by atoms with Crippen LogP contribution in [0.25, 0.3) is 0 Å². The molecule has 0 fully saturated rings. The predicted molar refractivity (Wildman–Crippen MR) is 121 cm³/mol. The highest BCUT2D eigenvalue weighted by atomic mass is 16.5. The van der Waals surface area contributed by atoms with Gasteiger partial charge in [0.25, 0.3) is 0 Å². The van der Waals surface area contributed by atoms with Gasteiger partial charge in [0, 0.05) is 35.5 Å². The van der Waals surface area contributed by atoms with Crippen molar-refractivity contribution in [2.24, 2.45) is 5.41 Å². The minimum atomic E-state index is -0.725. The first-order valence-electron chi connectivity index (χ1n) is 10.8. The summed E-state index contributed by atoms with van der Waals surface area (Å²) in [6.45, 7) is 3.99. The van der Waals surface area contributed by atoms with Crippen LogP contribution in [0.5, 0.6) is 11.5 Å². The molecule has 0 bridgehead atoms. The molecule has 0 N–H and O–H groups in total. The molecule has 1 atom stereocenters. The number of methoxy groups -OCH3 is 2. The molecule has 0 saturated carbocycles. The number of benzene rings is 2. The fourth-order valence-corrected chi connectivity index (χ4v) is 5.06. The van der Waals surface area contributed by atoms with Crippen molar-refractivity contribution >= 4 is 17.3 Å². The van der Waals surface area contributed by atoms with Crippen molar-refractivity contribution in [3.05, 3.63) is 81.8 Å². The van der Waals surface area contributed by atoms with E-state index in [9.17, 15) is 14.4 Å². The van der Waals surface area contributed by atoms with Crippen molar-refractivity contribution in [2.45, 2.75) is 32.6 Å². The van der Waals surface area contributed by atoms with Gasteiger partial charge in [-0.2, -0.15) is 0 Å². The lowest BCUT2D eigenvalue weighted by Gasteiger charge is -2.39. The topological polar surface area (TPSA) is 78.9 Å². The molecule has 0 radical (unpaired) electrons. The van der Waals surface area contributed by atoms with Crippen molar-refractivity contribution in [3.8, 4) is 11.5 Å².